The number of nitrogens with one attached hydrogen (secondary N) is 3. The van der Waals surface area contributed by atoms with Crippen molar-refractivity contribution in [2.45, 2.75) is 25.9 Å². The smallest absolute Gasteiger partial charge is 0.199 e. The molecule has 2 rings (SSSR count). The van der Waals surface area contributed by atoms with Gasteiger partial charge in [-0.2, -0.15) is 0 Å². The normalized spacial score (nSPS) is 27.6. The van der Waals surface area contributed by atoms with E-state index in [-0.39, 0.29) is 6.17 Å². The molecule has 1 saturated heterocycles. The molecule has 1 unspecified atom stereocenters. The molecule has 92 valence electrons. The van der Waals surface area contributed by atoms with Crippen molar-refractivity contribution in [2.75, 3.05) is 13.6 Å². The topological polar surface area (TPSA) is 60.8 Å². The van der Waals surface area contributed by atoms with Crippen LogP contribution in [0, 0.1) is 0 Å². The lowest BCUT2D eigenvalue weighted by molar-refractivity contribution is 0.585. The first-order valence-corrected chi connectivity index (χ1v) is 5.95. The van der Waals surface area contributed by atoms with Gasteiger partial charge in [0.25, 0.3) is 0 Å². The molecule has 0 radical (unpaired) electrons. The molecule has 1 aliphatic heterocycles. The van der Waals surface area contributed by atoms with Crippen molar-refractivity contribution in [1.82, 2.24) is 16.0 Å². The van der Waals surface area contributed by atoms with Gasteiger partial charge in [0, 0.05) is 13.6 Å². The van der Waals surface area contributed by atoms with Crippen molar-refractivity contribution in [3.8, 4) is 0 Å². The minimum absolute atomic E-state index is 0.152. The van der Waals surface area contributed by atoms with Gasteiger partial charge in [0.1, 0.15) is 0 Å². The molecular formula is C12H19N5. The molecular weight excluding hydrogens is 214 g/mol. The number of aliphatic imine (C=N–C) groups is 2. The van der Waals surface area contributed by atoms with Gasteiger partial charge in [-0.3, -0.25) is 15.3 Å². The molecule has 3 N–H and O–H groups in total. The van der Waals surface area contributed by atoms with Gasteiger partial charge >= 0.3 is 0 Å². The Morgan fingerprint density at radius 3 is 2.88 bits per heavy atom. The molecule has 0 amide bonds. The van der Waals surface area contributed by atoms with Gasteiger partial charge in [-0.1, -0.05) is 23.8 Å². The molecule has 0 bridgehead atoms. The fraction of sp³-hybridized carbons (Fsp3) is 0.500. The Kier molecular flexibility index (Phi) is 3.80. The van der Waals surface area contributed by atoms with Crippen LogP contribution in [0.4, 0.5) is 0 Å². The van der Waals surface area contributed by atoms with E-state index in [1.165, 1.54) is 5.57 Å². The second kappa shape index (κ2) is 5.52. The number of guanidine groups is 2. The maximum Gasteiger partial charge on any atom is 0.199 e. The molecule has 1 aliphatic carbocycles. The van der Waals surface area contributed by atoms with Gasteiger partial charge in [-0.25, -0.2) is 0 Å². The summed E-state index contributed by atoms with van der Waals surface area (Å²) < 4.78 is 0. The number of hydrogen-bond acceptors (Lipinski definition) is 2. The maximum absolute atomic E-state index is 4.49. The highest BCUT2D eigenvalue weighted by Gasteiger charge is 2.14. The van der Waals surface area contributed by atoms with E-state index in [1.54, 1.807) is 7.05 Å². The fourth-order valence-electron chi connectivity index (χ4n) is 1.83. The zero-order chi connectivity index (χ0) is 12.1. The van der Waals surface area contributed by atoms with Crippen molar-refractivity contribution in [1.29, 1.82) is 0 Å². The van der Waals surface area contributed by atoms with Crippen LogP contribution in [0.1, 0.15) is 19.8 Å². The summed E-state index contributed by atoms with van der Waals surface area (Å²) >= 11 is 0. The molecule has 1 fully saturated rings. The number of nitrogens with zero attached hydrogens (tertiary/aromatic N) is 2. The van der Waals surface area contributed by atoms with Crippen LogP contribution in [0.25, 0.3) is 0 Å². The van der Waals surface area contributed by atoms with Crippen LogP contribution in [0.3, 0.4) is 0 Å². The van der Waals surface area contributed by atoms with E-state index < -0.39 is 0 Å². The lowest BCUT2D eigenvalue weighted by Gasteiger charge is -2.27. The molecule has 0 aromatic rings. The minimum atomic E-state index is 0.152. The lowest BCUT2D eigenvalue weighted by Crippen LogP contribution is -2.61. The third-order valence-electron chi connectivity index (χ3n) is 2.69. The van der Waals surface area contributed by atoms with Gasteiger partial charge in [0.2, 0.25) is 0 Å². The molecule has 0 aromatic heterocycles. The summed E-state index contributed by atoms with van der Waals surface area (Å²) in [6, 6.07) is 0. The van der Waals surface area contributed by atoms with Gasteiger partial charge in [0.15, 0.2) is 11.9 Å². The maximum atomic E-state index is 4.49. The highest BCUT2D eigenvalue weighted by atomic mass is 15.4. The molecule has 1 heterocycles. The average Bonchev–Trinajstić information content (AvgIpc) is 2.81. The second-order valence-electron chi connectivity index (χ2n) is 4.11. The molecule has 17 heavy (non-hydrogen) atoms. The zero-order valence-corrected chi connectivity index (χ0v) is 10.3. The summed E-state index contributed by atoms with van der Waals surface area (Å²) in [5.74, 6) is 1.55. The monoisotopic (exact) mass is 233 g/mol. The third kappa shape index (κ3) is 3.34. The van der Waals surface area contributed by atoms with Gasteiger partial charge < -0.3 is 10.6 Å². The number of rotatable bonds is 3. The van der Waals surface area contributed by atoms with Gasteiger partial charge in [0.05, 0.1) is 6.17 Å². The van der Waals surface area contributed by atoms with Crippen molar-refractivity contribution < 1.29 is 0 Å². The Morgan fingerprint density at radius 2 is 2.18 bits per heavy atom. The lowest BCUT2D eigenvalue weighted by atomic mass is 10.2. The van der Waals surface area contributed by atoms with Crippen molar-refractivity contribution in [2.24, 2.45) is 9.98 Å². The molecule has 5 nitrogen and oxygen atoms in total. The highest BCUT2D eigenvalue weighted by molar-refractivity contribution is 6.00. The van der Waals surface area contributed by atoms with E-state index in [0.29, 0.717) is 0 Å². The summed E-state index contributed by atoms with van der Waals surface area (Å²) in [4.78, 5) is 8.58. The predicted molar refractivity (Wildman–Crippen MR) is 71.0 cm³/mol. The second-order valence-corrected chi connectivity index (χ2v) is 4.11. The van der Waals surface area contributed by atoms with E-state index in [1.807, 2.05) is 6.92 Å². The molecule has 0 saturated carbocycles. The Labute approximate surface area is 102 Å². The van der Waals surface area contributed by atoms with Gasteiger partial charge in [-0.05, 0) is 19.8 Å². The molecule has 1 atom stereocenters. The zero-order valence-electron chi connectivity index (χ0n) is 10.3. The van der Waals surface area contributed by atoms with Crippen LogP contribution in [0.2, 0.25) is 0 Å². The van der Waals surface area contributed by atoms with Crippen LogP contribution in [-0.2, 0) is 0 Å². The first-order valence-electron chi connectivity index (χ1n) is 5.95. The molecule has 2 aliphatic rings. The molecule has 0 spiro atoms. The average molecular weight is 233 g/mol. The number of allylic oxidation sites excluding steroid dienone is 3. The molecule has 5 heteroatoms. The van der Waals surface area contributed by atoms with Crippen LogP contribution in [0.15, 0.2) is 33.8 Å². The summed E-state index contributed by atoms with van der Waals surface area (Å²) in [6.07, 6.45) is 8.79. The Bertz CT molecular complexity index is 392. The molecule has 0 aromatic carbocycles. The van der Waals surface area contributed by atoms with E-state index in [0.717, 1.165) is 31.3 Å². The Morgan fingerprint density at radius 1 is 1.35 bits per heavy atom. The Balaban J connectivity index is 1.85. The van der Waals surface area contributed by atoms with Crippen molar-refractivity contribution >= 4 is 11.9 Å². The van der Waals surface area contributed by atoms with Crippen LogP contribution in [0.5, 0.6) is 0 Å². The summed E-state index contributed by atoms with van der Waals surface area (Å²) in [5, 5.41) is 9.47. The van der Waals surface area contributed by atoms with Crippen LogP contribution >= 0.6 is 0 Å². The third-order valence-corrected chi connectivity index (χ3v) is 2.69. The van der Waals surface area contributed by atoms with E-state index >= 15 is 0 Å². The van der Waals surface area contributed by atoms with Gasteiger partial charge in [-0.15, -0.1) is 0 Å². The van der Waals surface area contributed by atoms with Crippen LogP contribution in [-0.4, -0.2) is 31.7 Å². The summed E-state index contributed by atoms with van der Waals surface area (Å²) in [5.41, 5.74) is 1.38. The van der Waals surface area contributed by atoms with Crippen molar-refractivity contribution in [3.63, 3.8) is 0 Å². The predicted octanol–water partition coefficient (Wildman–Crippen LogP) is 0.733. The van der Waals surface area contributed by atoms with E-state index in [4.69, 9.17) is 0 Å². The van der Waals surface area contributed by atoms with E-state index in [9.17, 15) is 0 Å². The van der Waals surface area contributed by atoms with Crippen molar-refractivity contribution in [3.05, 3.63) is 23.8 Å². The quantitative estimate of drug-likeness (QED) is 0.673. The highest BCUT2D eigenvalue weighted by Crippen LogP contribution is 2.12. The van der Waals surface area contributed by atoms with E-state index in [2.05, 4.69) is 44.2 Å². The minimum Gasteiger partial charge on any atom is -0.336 e. The number of hydrogen-bond donors (Lipinski definition) is 3. The SMILES string of the molecule is CN=C1NC(=NCCC2=CCC=C2)NC(C)N1. The fourth-order valence-corrected chi connectivity index (χ4v) is 1.83. The Hall–Kier alpha value is -1.78. The van der Waals surface area contributed by atoms with Crippen LogP contribution < -0.4 is 16.0 Å². The first kappa shape index (κ1) is 11.7. The first-order chi connectivity index (χ1) is 8.28. The standard InChI is InChI=1S/C12H19N5/c1-9-15-11(13-2)17-12(16-9)14-8-7-10-5-3-4-6-10/h3,5-6,9H,4,7-8H2,1-2H3,(H3,13,14,15,16,17). The largest absolute Gasteiger partial charge is 0.336 e. The summed E-state index contributed by atoms with van der Waals surface area (Å²) in [7, 11) is 1.75. The summed E-state index contributed by atoms with van der Waals surface area (Å²) in [6.45, 7) is 2.82.